The molecular formula is C17H16N6O2S2. The van der Waals surface area contributed by atoms with Crippen molar-refractivity contribution in [2.24, 2.45) is 0 Å². The molecule has 138 valence electrons. The topological polar surface area (TPSA) is 91.1 Å². The fourth-order valence-corrected chi connectivity index (χ4v) is 4.53. The van der Waals surface area contributed by atoms with Crippen molar-refractivity contribution in [2.45, 2.75) is 43.1 Å². The summed E-state index contributed by atoms with van der Waals surface area (Å²) in [5.41, 5.74) is 0.560. The first kappa shape index (κ1) is 16.7. The molecule has 27 heavy (non-hydrogen) atoms. The summed E-state index contributed by atoms with van der Waals surface area (Å²) in [6, 6.07) is 5.37. The first-order chi connectivity index (χ1) is 13.2. The molecule has 0 aromatic carbocycles. The van der Waals surface area contributed by atoms with Crippen molar-refractivity contribution in [3.63, 3.8) is 0 Å². The van der Waals surface area contributed by atoms with Gasteiger partial charge in [-0.3, -0.25) is 9.36 Å². The summed E-state index contributed by atoms with van der Waals surface area (Å²) in [6.45, 7) is 2.47. The highest BCUT2D eigenvalue weighted by molar-refractivity contribution is 7.98. The van der Waals surface area contributed by atoms with E-state index < -0.39 is 0 Å². The molecule has 0 spiro atoms. The van der Waals surface area contributed by atoms with E-state index in [1.54, 1.807) is 6.26 Å². The lowest BCUT2D eigenvalue weighted by Gasteiger charge is -2.08. The molecule has 0 saturated heterocycles. The van der Waals surface area contributed by atoms with Crippen molar-refractivity contribution >= 4 is 28.1 Å². The predicted molar refractivity (Wildman–Crippen MR) is 101 cm³/mol. The van der Waals surface area contributed by atoms with E-state index >= 15 is 0 Å². The standard InChI is InChI=1S/C17H16N6O2S2/c1-10-21-23-14(24)7-12(18-16(23)27-10)9-26-17-20-19-15(11-4-5-11)22(17)8-13-3-2-6-25-13/h2-3,6-7,11H,4-5,8-9H2,1H3. The Hall–Kier alpha value is -2.46. The molecule has 1 fully saturated rings. The second kappa shape index (κ2) is 6.61. The number of fused-ring (bicyclic) bond motifs is 1. The minimum absolute atomic E-state index is 0.157. The number of rotatable bonds is 6. The fourth-order valence-electron chi connectivity index (χ4n) is 2.92. The van der Waals surface area contributed by atoms with Crippen LogP contribution in [0.2, 0.25) is 0 Å². The minimum atomic E-state index is -0.157. The SMILES string of the molecule is Cc1nn2c(=O)cc(CSc3nnc(C4CC4)n3Cc3ccco3)nc2s1. The number of furan rings is 1. The molecule has 0 unspecified atom stereocenters. The quantitative estimate of drug-likeness (QED) is 0.460. The molecule has 1 aliphatic carbocycles. The first-order valence-corrected chi connectivity index (χ1v) is 10.4. The average molecular weight is 400 g/mol. The van der Waals surface area contributed by atoms with Crippen molar-refractivity contribution in [2.75, 3.05) is 0 Å². The monoisotopic (exact) mass is 400 g/mol. The molecule has 0 bridgehead atoms. The summed E-state index contributed by atoms with van der Waals surface area (Å²) in [5, 5.41) is 14.6. The van der Waals surface area contributed by atoms with Gasteiger partial charge < -0.3 is 4.42 Å². The van der Waals surface area contributed by atoms with Gasteiger partial charge in [-0.1, -0.05) is 23.1 Å². The van der Waals surface area contributed by atoms with Crippen LogP contribution in [0.1, 0.15) is 41.0 Å². The zero-order chi connectivity index (χ0) is 18.4. The highest BCUT2D eigenvalue weighted by Gasteiger charge is 2.30. The van der Waals surface area contributed by atoms with E-state index in [4.69, 9.17) is 4.42 Å². The van der Waals surface area contributed by atoms with Crippen LogP contribution in [-0.2, 0) is 12.3 Å². The fraction of sp³-hybridized carbons (Fsp3) is 0.353. The van der Waals surface area contributed by atoms with Crippen LogP contribution < -0.4 is 5.56 Å². The van der Waals surface area contributed by atoms with E-state index in [2.05, 4.69) is 24.8 Å². The number of hydrogen-bond acceptors (Lipinski definition) is 8. The Balaban J connectivity index is 1.41. The van der Waals surface area contributed by atoms with E-state index in [1.165, 1.54) is 33.7 Å². The second-order valence-electron chi connectivity index (χ2n) is 6.47. The Bertz CT molecular complexity index is 1160. The third kappa shape index (κ3) is 3.30. The predicted octanol–water partition coefficient (Wildman–Crippen LogP) is 2.86. The molecule has 4 heterocycles. The number of thioether (sulfide) groups is 1. The lowest BCUT2D eigenvalue weighted by molar-refractivity contribution is 0.478. The summed E-state index contributed by atoms with van der Waals surface area (Å²) in [5.74, 6) is 2.91. The van der Waals surface area contributed by atoms with Gasteiger partial charge in [-0.15, -0.1) is 10.2 Å². The van der Waals surface area contributed by atoms with Crippen molar-refractivity contribution in [1.82, 2.24) is 29.4 Å². The second-order valence-corrected chi connectivity index (χ2v) is 8.57. The molecule has 10 heteroatoms. The number of nitrogens with zero attached hydrogens (tertiary/aromatic N) is 6. The molecule has 1 aliphatic rings. The van der Waals surface area contributed by atoms with Crippen molar-refractivity contribution in [3.05, 3.63) is 57.1 Å². The lowest BCUT2D eigenvalue weighted by Crippen LogP contribution is -2.15. The highest BCUT2D eigenvalue weighted by Crippen LogP contribution is 2.40. The molecule has 1 saturated carbocycles. The Morgan fingerprint density at radius 2 is 2.26 bits per heavy atom. The zero-order valence-electron chi connectivity index (χ0n) is 14.5. The Morgan fingerprint density at radius 1 is 1.37 bits per heavy atom. The molecule has 4 aromatic rings. The van der Waals surface area contributed by atoms with Gasteiger partial charge >= 0.3 is 0 Å². The van der Waals surface area contributed by atoms with Crippen LogP contribution >= 0.6 is 23.1 Å². The van der Waals surface area contributed by atoms with Crippen molar-refractivity contribution in [3.8, 4) is 0 Å². The maximum Gasteiger partial charge on any atom is 0.275 e. The number of aromatic nitrogens is 6. The summed E-state index contributed by atoms with van der Waals surface area (Å²) in [7, 11) is 0. The molecule has 8 nitrogen and oxygen atoms in total. The number of hydrogen-bond donors (Lipinski definition) is 0. The van der Waals surface area contributed by atoms with E-state index in [0.717, 1.165) is 34.6 Å². The normalized spacial score (nSPS) is 14.3. The summed E-state index contributed by atoms with van der Waals surface area (Å²) < 4.78 is 8.96. The van der Waals surface area contributed by atoms with Gasteiger partial charge in [0, 0.05) is 17.7 Å². The van der Waals surface area contributed by atoms with Gasteiger partial charge in [0.05, 0.1) is 18.5 Å². The Labute approximate surface area is 162 Å². The molecule has 0 amide bonds. The van der Waals surface area contributed by atoms with E-state index in [9.17, 15) is 4.79 Å². The van der Waals surface area contributed by atoms with Crippen molar-refractivity contribution < 1.29 is 4.42 Å². The van der Waals surface area contributed by atoms with Crippen LogP contribution in [0.5, 0.6) is 0 Å². The summed E-state index contributed by atoms with van der Waals surface area (Å²) >= 11 is 2.94. The average Bonchev–Trinajstić information content (AvgIpc) is 3.04. The Morgan fingerprint density at radius 3 is 3.04 bits per heavy atom. The molecule has 0 atom stereocenters. The van der Waals surface area contributed by atoms with Gasteiger partial charge in [0.25, 0.3) is 5.56 Å². The van der Waals surface area contributed by atoms with Gasteiger partial charge in [-0.25, -0.2) is 4.98 Å². The van der Waals surface area contributed by atoms with Gasteiger partial charge in [0.15, 0.2) is 5.16 Å². The zero-order valence-corrected chi connectivity index (χ0v) is 16.2. The third-order valence-corrected chi connectivity index (χ3v) is 6.15. The maximum absolute atomic E-state index is 12.2. The van der Waals surface area contributed by atoms with E-state index in [0.29, 0.717) is 28.9 Å². The van der Waals surface area contributed by atoms with Crippen LogP contribution in [-0.4, -0.2) is 29.4 Å². The molecular weight excluding hydrogens is 384 g/mol. The van der Waals surface area contributed by atoms with E-state index in [1.807, 2.05) is 19.1 Å². The molecule has 0 radical (unpaired) electrons. The molecule has 5 rings (SSSR count). The highest BCUT2D eigenvalue weighted by atomic mass is 32.2. The third-order valence-electron chi connectivity index (χ3n) is 4.33. The van der Waals surface area contributed by atoms with Crippen LogP contribution in [0, 0.1) is 6.92 Å². The first-order valence-electron chi connectivity index (χ1n) is 8.62. The van der Waals surface area contributed by atoms with Gasteiger partial charge in [0.2, 0.25) is 4.96 Å². The smallest absolute Gasteiger partial charge is 0.275 e. The molecule has 0 N–H and O–H groups in total. The van der Waals surface area contributed by atoms with Crippen LogP contribution in [0.4, 0.5) is 0 Å². The largest absolute Gasteiger partial charge is 0.467 e. The number of aryl methyl sites for hydroxylation is 1. The lowest BCUT2D eigenvalue weighted by atomic mass is 10.3. The molecule has 0 aliphatic heterocycles. The van der Waals surface area contributed by atoms with Gasteiger partial charge in [0.1, 0.15) is 16.6 Å². The van der Waals surface area contributed by atoms with Crippen LogP contribution in [0.3, 0.4) is 0 Å². The van der Waals surface area contributed by atoms with Gasteiger partial charge in [-0.05, 0) is 31.9 Å². The van der Waals surface area contributed by atoms with Gasteiger partial charge in [-0.2, -0.15) is 9.61 Å². The summed E-state index contributed by atoms with van der Waals surface area (Å²) in [6.07, 6.45) is 3.98. The molecule has 4 aromatic heterocycles. The Kier molecular flexibility index (Phi) is 4.09. The minimum Gasteiger partial charge on any atom is -0.467 e. The summed E-state index contributed by atoms with van der Waals surface area (Å²) in [4.78, 5) is 17.4. The van der Waals surface area contributed by atoms with E-state index in [-0.39, 0.29) is 5.56 Å². The van der Waals surface area contributed by atoms with Crippen molar-refractivity contribution in [1.29, 1.82) is 0 Å². The maximum atomic E-state index is 12.2. The van der Waals surface area contributed by atoms with Crippen LogP contribution in [0.25, 0.3) is 4.96 Å². The van der Waals surface area contributed by atoms with Crippen LogP contribution in [0.15, 0.2) is 38.8 Å².